The molecule has 3 N–H and O–H groups in total. The van der Waals surface area contributed by atoms with Crippen LogP contribution in [0.4, 0.5) is 0 Å². The van der Waals surface area contributed by atoms with E-state index in [1.54, 1.807) is 13.8 Å². The maximum Gasteiger partial charge on any atom is 0.337 e. The second kappa shape index (κ2) is 11.4. The van der Waals surface area contributed by atoms with Crippen LogP contribution in [0.3, 0.4) is 0 Å². The second-order valence-electron chi connectivity index (χ2n) is 5.79. The van der Waals surface area contributed by atoms with E-state index in [0.717, 1.165) is 0 Å². The molecule has 0 radical (unpaired) electrons. The van der Waals surface area contributed by atoms with Crippen LogP contribution in [0.1, 0.15) is 41.0 Å². The average molecular weight is 408 g/mol. The van der Waals surface area contributed by atoms with Gasteiger partial charge in [0.15, 0.2) is 0 Å². The van der Waals surface area contributed by atoms with Gasteiger partial charge in [-0.3, -0.25) is 19.2 Å². The van der Waals surface area contributed by atoms with Crippen molar-refractivity contribution in [1.29, 1.82) is 0 Å². The summed E-state index contributed by atoms with van der Waals surface area (Å²) in [4.78, 5) is 60.3. The first-order valence-corrected chi connectivity index (χ1v) is 8.85. The van der Waals surface area contributed by atoms with Crippen LogP contribution in [-0.4, -0.2) is 56.1 Å². The number of methoxy groups -OCH3 is 1. The zero-order valence-electron chi connectivity index (χ0n) is 16.4. The molecule has 0 bridgehead atoms. The molecule has 0 aliphatic heterocycles. The minimum Gasteiger partial charge on any atom is -0.466 e. The van der Waals surface area contributed by atoms with Crippen LogP contribution in [0, 0.1) is 5.92 Å². The third-order valence-corrected chi connectivity index (χ3v) is 3.82. The van der Waals surface area contributed by atoms with Gasteiger partial charge in [-0.25, -0.2) is 4.79 Å². The molecule has 0 aliphatic carbocycles. The molecule has 29 heavy (non-hydrogen) atoms. The van der Waals surface area contributed by atoms with Gasteiger partial charge in [-0.1, -0.05) is 6.07 Å². The van der Waals surface area contributed by atoms with E-state index in [1.807, 2.05) is 0 Å². The predicted molar refractivity (Wildman–Crippen MR) is 99.6 cm³/mol. The lowest BCUT2D eigenvalue weighted by Gasteiger charge is -2.23. The molecule has 0 unspecified atom stereocenters. The number of ether oxygens (including phenoxy) is 3. The van der Waals surface area contributed by atoms with E-state index in [0.29, 0.717) is 0 Å². The summed E-state index contributed by atoms with van der Waals surface area (Å²) in [5, 5.41) is 2.33. The molecule has 0 aliphatic rings. The monoisotopic (exact) mass is 408 g/mol. The van der Waals surface area contributed by atoms with E-state index in [1.165, 1.54) is 31.4 Å². The molecule has 10 nitrogen and oxygen atoms in total. The molecular weight excluding hydrogens is 384 g/mol. The van der Waals surface area contributed by atoms with Gasteiger partial charge in [-0.2, -0.15) is 0 Å². The predicted octanol–water partition coefficient (Wildman–Crippen LogP) is 0.189. The first-order valence-electron chi connectivity index (χ1n) is 8.85. The number of primary amides is 1. The Bertz CT molecular complexity index is 777. The number of carbonyl (C=O) groups is 5. The smallest absolute Gasteiger partial charge is 0.337 e. The van der Waals surface area contributed by atoms with Crippen molar-refractivity contribution in [2.45, 2.75) is 26.3 Å². The topological polar surface area (TPSA) is 151 Å². The number of nitrogens with one attached hydrogen (secondary N) is 1. The van der Waals surface area contributed by atoms with Crippen molar-refractivity contribution in [3.05, 3.63) is 35.4 Å². The van der Waals surface area contributed by atoms with Gasteiger partial charge in [0.05, 0.1) is 38.2 Å². The van der Waals surface area contributed by atoms with Gasteiger partial charge >= 0.3 is 17.9 Å². The quantitative estimate of drug-likeness (QED) is 0.411. The Labute approximate surface area is 167 Å². The van der Waals surface area contributed by atoms with Crippen molar-refractivity contribution in [2.75, 3.05) is 20.3 Å². The third kappa shape index (κ3) is 6.91. The minimum atomic E-state index is -1.53. The number of carbonyl (C=O) groups excluding carboxylic acids is 5. The first kappa shape index (κ1) is 23.6. The van der Waals surface area contributed by atoms with Crippen molar-refractivity contribution in [2.24, 2.45) is 11.7 Å². The number of amides is 2. The Morgan fingerprint density at radius 3 is 2.21 bits per heavy atom. The SMILES string of the molecule is CCOC(=O)C[C@@H](C(=O)OCC)[C@@H](NC(=O)c1cccc(C(=O)OC)c1)C(N)=O. The molecule has 10 heteroatoms. The van der Waals surface area contributed by atoms with E-state index in [9.17, 15) is 24.0 Å². The van der Waals surface area contributed by atoms with E-state index >= 15 is 0 Å². The molecule has 2 atom stereocenters. The van der Waals surface area contributed by atoms with E-state index in [4.69, 9.17) is 15.2 Å². The molecule has 0 saturated heterocycles. The number of hydrogen-bond donors (Lipinski definition) is 2. The van der Waals surface area contributed by atoms with Gasteiger partial charge in [0.1, 0.15) is 6.04 Å². The lowest BCUT2D eigenvalue weighted by atomic mass is 9.95. The molecule has 158 valence electrons. The number of benzene rings is 1. The molecule has 1 aromatic carbocycles. The van der Waals surface area contributed by atoms with Crippen molar-refractivity contribution < 1.29 is 38.2 Å². The molecule has 1 aromatic rings. The Kier molecular flexibility index (Phi) is 9.30. The van der Waals surface area contributed by atoms with Crippen LogP contribution < -0.4 is 11.1 Å². The van der Waals surface area contributed by atoms with Gasteiger partial charge in [0, 0.05) is 5.56 Å². The fourth-order valence-corrected chi connectivity index (χ4v) is 2.49. The molecule has 0 fully saturated rings. The molecule has 0 saturated carbocycles. The largest absolute Gasteiger partial charge is 0.466 e. The fourth-order valence-electron chi connectivity index (χ4n) is 2.49. The van der Waals surface area contributed by atoms with Gasteiger partial charge in [0.2, 0.25) is 5.91 Å². The standard InChI is InChI=1S/C19H24N2O8/c1-4-28-14(22)10-13(19(26)29-5-2)15(16(20)23)21-17(24)11-7-6-8-12(9-11)18(25)27-3/h6-9,13,15H,4-5,10H2,1-3H3,(H2,20,23)(H,21,24)/t13-,15-/m1/s1. The maximum absolute atomic E-state index is 12.6. The summed E-state index contributed by atoms with van der Waals surface area (Å²) in [6.07, 6.45) is -0.511. The molecular formula is C19H24N2O8. The summed E-state index contributed by atoms with van der Waals surface area (Å²) in [6, 6.07) is 4.00. The molecule has 0 spiro atoms. The van der Waals surface area contributed by atoms with Crippen LogP contribution in [0.15, 0.2) is 24.3 Å². The van der Waals surface area contributed by atoms with Crippen LogP contribution in [0.25, 0.3) is 0 Å². The molecule has 0 heterocycles. The van der Waals surface area contributed by atoms with Crippen LogP contribution in [0.2, 0.25) is 0 Å². The zero-order chi connectivity index (χ0) is 22.0. The Morgan fingerprint density at radius 1 is 1.03 bits per heavy atom. The van der Waals surface area contributed by atoms with Crippen molar-refractivity contribution in [1.82, 2.24) is 5.32 Å². The molecule has 2 amide bonds. The van der Waals surface area contributed by atoms with Crippen molar-refractivity contribution >= 4 is 29.7 Å². The Balaban J connectivity index is 3.13. The maximum atomic E-state index is 12.6. The highest BCUT2D eigenvalue weighted by molar-refractivity contribution is 6.01. The third-order valence-electron chi connectivity index (χ3n) is 3.82. The summed E-state index contributed by atoms with van der Waals surface area (Å²) in [6.45, 7) is 3.20. The summed E-state index contributed by atoms with van der Waals surface area (Å²) in [5.74, 6) is -5.48. The van der Waals surface area contributed by atoms with E-state index in [2.05, 4.69) is 10.1 Å². The minimum absolute atomic E-state index is 0.00123. The summed E-state index contributed by atoms with van der Waals surface area (Å²) < 4.78 is 14.3. The highest BCUT2D eigenvalue weighted by atomic mass is 16.5. The average Bonchev–Trinajstić information content (AvgIpc) is 2.70. The van der Waals surface area contributed by atoms with Crippen molar-refractivity contribution in [3.8, 4) is 0 Å². The Hall–Kier alpha value is -3.43. The van der Waals surface area contributed by atoms with Crippen LogP contribution >= 0.6 is 0 Å². The highest BCUT2D eigenvalue weighted by Crippen LogP contribution is 2.15. The molecule has 1 rings (SSSR count). The van der Waals surface area contributed by atoms with Gasteiger partial charge < -0.3 is 25.3 Å². The Morgan fingerprint density at radius 2 is 1.66 bits per heavy atom. The lowest BCUT2D eigenvalue weighted by Crippen LogP contribution is -2.52. The number of rotatable bonds is 10. The highest BCUT2D eigenvalue weighted by Gasteiger charge is 2.37. The normalized spacial score (nSPS) is 12.2. The van der Waals surface area contributed by atoms with Gasteiger partial charge in [0.25, 0.3) is 5.91 Å². The molecule has 0 aromatic heterocycles. The number of hydrogen-bond acceptors (Lipinski definition) is 8. The second-order valence-corrected chi connectivity index (χ2v) is 5.79. The number of esters is 3. The van der Waals surface area contributed by atoms with Crippen LogP contribution in [-0.2, 0) is 28.6 Å². The van der Waals surface area contributed by atoms with Crippen molar-refractivity contribution in [3.63, 3.8) is 0 Å². The summed E-state index contributed by atoms with van der Waals surface area (Å²) in [7, 11) is 1.19. The van der Waals surface area contributed by atoms with E-state index in [-0.39, 0.29) is 24.3 Å². The number of nitrogens with two attached hydrogens (primary N) is 1. The fraction of sp³-hybridized carbons (Fsp3) is 0.421. The van der Waals surface area contributed by atoms with Gasteiger partial charge in [-0.05, 0) is 32.0 Å². The van der Waals surface area contributed by atoms with E-state index < -0.39 is 48.1 Å². The first-order chi connectivity index (χ1) is 13.7. The van der Waals surface area contributed by atoms with Crippen LogP contribution in [0.5, 0.6) is 0 Å². The lowest BCUT2D eigenvalue weighted by molar-refractivity contribution is -0.156. The zero-order valence-corrected chi connectivity index (χ0v) is 16.4. The summed E-state index contributed by atoms with van der Waals surface area (Å²) in [5.41, 5.74) is 5.50. The van der Waals surface area contributed by atoms with Gasteiger partial charge in [-0.15, -0.1) is 0 Å². The summed E-state index contributed by atoms with van der Waals surface area (Å²) >= 11 is 0.